The minimum absolute atomic E-state index is 0.0560. The van der Waals surface area contributed by atoms with Gasteiger partial charge in [0.1, 0.15) is 0 Å². The molecule has 0 aliphatic rings. The Balaban J connectivity index is 2.87. The van der Waals surface area contributed by atoms with E-state index < -0.39 is 10.0 Å². The SMILES string of the molecule is CC(C)CS/C(N)=N/S(=O)(=O)c1ccc(N)cc1. The number of benzene rings is 1. The summed E-state index contributed by atoms with van der Waals surface area (Å²) in [5.74, 6) is 1.15. The lowest BCUT2D eigenvalue weighted by Crippen LogP contribution is -2.12. The summed E-state index contributed by atoms with van der Waals surface area (Å²) in [5, 5.41) is 0.0560. The van der Waals surface area contributed by atoms with Crippen LogP contribution in [-0.2, 0) is 10.0 Å². The van der Waals surface area contributed by atoms with Crippen LogP contribution in [0.3, 0.4) is 0 Å². The highest BCUT2D eigenvalue weighted by Crippen LogP contribution is 2.16. The van der Waals surface area contributed by atoms with Gasteiger partial charge in [-0.1, -0.05) is 25.6 Å². The molecule has 1 rings (SSSR count). The zero-order valence-electron chi connectivity index (χ0n) is 10.3. The van der Waals surface area contributed by atoms with Gasteiger partial charge in [-0.3, -0.25) is 0 Å². The molecule has 0 aliphatic heterocycles. The molecule has 0 saturated heterocycles. The highest BCUT2D eigenvalue weighted by molar-refractivity contribution is 8.14. The normalized spacial score (nSPS) is 12.9. The molecule has 0 spiro atoms. The van der Waals surface area contributed by atoms with Crippen molar-refractivity contribution in [3.8, 4) is 0 Å². The summed E-state index contributed by atoms with van der Waals surface area (Å²) in [6.45, 7) is 4.05. The lowest BCUT2D eigenvalue weighted by atomic mass is 10.3. The smallest absolute Gasteiger partial charge is 0.284 e. The van der Waals surface area contributed by atoms with Crippen LogP contribution < -0.4 is 11.5 Å². The van der Waals surface area contributed by atoms with Crippen molar-refractivity contribution < 1.29 is 8.42 Å². The number of anilines is 1. The average Bonchev–Trinajstić information content (AvgIpc) is 2.26. The second-order valence-electron chi connectivity index (χ2n) is 4.18. The number of amidine groups is 1. The quantitative estimate of drug-likeness (QED) is 0.498. The first-order valence-electron chi connectivity index (χ1n) is 5.40. The van der Waals surface area contributed by atoms with Crippen LogP contribution >= 0.6 is 11.8 Å². The summed E-state index contributed by atoms with van der Waals surface area (Å²) in [6, 6.07) is 5.85. The van der Waals surface area contributed by atoms with Gasteiger partial charge >= 0.3 is 0 Å². The first-order chi connectivity index (χ1) is 8.31. The topological polar surface area (TPSA) is 98.5 Å². The third kappa shape index (κ3) is 4.58. The minimum Gasteiger partial charge on any atom is -0.399 e. The van der Waals surface area contributed by atoms with E-state index in [0.29, 0.717) is 11.6 Å². The van der Waals surface area contributed by atoms with Crippen LogP contribution in [-0.4, -0.2) is 19.3 Å². The highest BCUT2D eigenvalue weighted by atomic mass is 32.2. The molecule has 0 amide bonds. The summed E-state index contributed by atoms with van der Waals surface area (Å²) in [7, 11) is -3.74. The molecule has 4 N–H and O–H groups in total. The standard InChI is InChI=1S/C11H17N3O2S2/c1-8(2)7-17-11(13)14-18(15,16)10-5-3-9(12)4-6-10/h3-6,8H,7,12H2,1-2H3,(H2,13,14). The molecule has 0 saturated carbocycles. The van der Waals surface area contributed by atoms with Crippen molar-refractivity contribution in [2.45, 2.75) is 18.7 Å². The Hall–Kier alpha value is -1.21. The summed E-state index contributed by atoms with van der Waals surface area (Å²) < 4.78 is 27.3. The van der Waals surface area contributed by atoms with Crippen LogP contribution in [0.2, 0.25) is 0 Å². The van der Waals surface area contributed by atoms with E-state index in [1.54, 1.807) is 0 Å². The van der Waals surface area contributed by atoms with Crippen LogP contribution in [0.4, 0.5) is 5.69 Å². The predicted molar refractivity (Wildman–Crippen MR) is 77.0 cm³/mol. The van der Waals surface area contributed by atoms with Crippen molar-refractivity contribution in [2.24, 2.45) is 16.0 Å². The molecule has 0 bridgehead atoms. The van der Waals surface area contributed by atoms with Gasteiger partial charge in [0, 0.05) is 11.4 Å². The van der Waals surface area contributed by atoms with Crippen LogP contribution in [0.5, 0.6) is 0 Å². The molecule has 0 aromatic heterocycles. The number of hydrogen-bond donors (Lipinski definition) is 2. The fraction of sp³-hybridized carbons (Fsp3) is 0.364. The van der Waals surface area contributed by atoms with Gasteiger partial charge in [-0.2, -0.15) is 8.42 Å². The molecule has 0 aliphatic carbocycles. The molecule has 7 heteroatoms. The van der Waals surface area contributed by atoms with Gasteiger partial charge in [0.25, 0.3) is 10.0 Å². The second-order valence-corrected chi connectivity index (χ2v) is 6.82. The number of nitrogen functional groups attached to an aromatic ring is 1. The minimum atomic E-state index is -3.74. The molecule has 1 aromatic rings. The van der Waals surface area contributed by atoms with E-state index in [1.165, 1.54) is 36.0 Å². The van der Waals surface area contributed by atoms with E-state index in [-0.39, 0.29) is 10.1 Å². The van der Waals surface area contributed by atoms with Gasteiger partial charge in [-0.25, -0.2) is 0 Å². The lowest BCUT2D eigenvalue weighted by Gasteiger charge is -2.04. The Morgan fingerprint density at radius 2 is 1.89 bits per heavy atom. The van der Waals surface area contributed by atoms with Crippen molar-refractivity contribution >= 4 is 32.6 Å². The number of sulfonamides is 1. The van der Waals surface area contributed by atoms with Crippen LogP contribution in [0.15, 0.2) is 33.6 Å². The lowest BCUT2D eigenvalue weighted by molar-refractivity contribution is 0.598. The zero-order valence-corrected chi connectivity index (χ0v) is 12.0. The maximum absolute atomic E-state index is 11.9. The highest BCUT2D eigenvalue weighted by Gasteiger charge is 2.13. The monoisotopic (exact) mass is 287 g/mol. The van der Waals surface area contributed by atoms with Gasteiger partial charge < -0.3 is 11.5 Å². The van der Waals surface area contributed by atoms with E-state index in [9.17, 15) is 8.42 Å². The first-order valence-corrected chi connectivity index (χ1v) is 7.82. The van der Waals surface area contributed by atoms with Gasteiger partial charge in [-0.05, 0) is 30.2 Å². The van der Waals surface area contributed by atoms with E-state index in [2.05, 4.69) is 4.40 Å². The summed E-state index contributed by atoms with van der Waals surface area (Å²) in [6.07, 6.45) is 0. The number of hydrogen-bond acceptors (Lipinski definition) is 4. The molecule has 0 atom stereocenters. The van der Waals surface area contributed by atoms with Crippen molar-refractivity contribution in [3.05, 3.63) is 24.3 Å². The van der Waals surface area contributed by atoms with Gasteiger partial charge in [0.2, 0.25) is 0 Å². The van der Waals surface area contributed by atoms with Gasteiger partial charge in [0.05, 0.1) is 4.90 Å². The Bertz CT molecular complexity index is 522. The molecule has 5 nitrogen and oxygen atoms in total. The third-order valence-electron chi connectivity index (χ3n) is 1.95. The van der Waals surface area contributed by atoms with E-state index in [1.807, 2.05) is 13.8 Å². The molecule has 100 valence electrons. The van der Waals surface area contributed by atoms with Crippen molar-refractivity contribution in [1.29, 1.82) is 0 Å². The maximum atomic E-state index is 11.9. The molecule has 1 aromatic carbocycles. The fourth-order valence-electron chi connectivity index (χ4n) is 1.09. The molecule has 0 unspecified atom stereocenters. The summed E-state index contributed by atoms with van der Waals surface area (Å²) >= 11 is 1.23. The summed E-state index contributed by atoms with van der Waals surface area (Å²) in [5.41, 5.74) is 11.6. The van der Waals surface area contributed by atoms with Crippen molar-refractivity contribution in [2.75, 3.05) is 11.5 Å². The number of thioether (sulfide) groups is 1. The molecule has 0 fully saturated rings. The Kier molecular flexibility index (Phi) is 5.03. The van der Waals surface area contributed by atoms with E-state index in [4.69, 9.17) is 11.5 Å². The third-order valence-corrected chi connectivity index (χ3v) is 4.59. The van der Waals surface area contributed by atoms with E-state index >= 15 is 0 Å². The molecule has 18 heavy (non-hydrogen) atoms. The van der Waals surface area contributed by atoms with E-state index in [0.717, 1.165) is 5.75 Å². The number of nitrogens with zero attached hydrogens (tertiary/aromatic N) is 1. The number of nitrogens with two attached hydrogens (primary N) is 2. The molecule has 0 heterocycles. The van der Waals surface area contributed by atoms with Crippen LogP contribution in [0.25, 0.3) is 0 Å². The summed E-state index contributed by atoms with van der Waals surface area (Å²) in [4.78, 5) is 0.0878. The van der Waals surface area contributed by atoms with Crippen LogP contribution in [0.1, 0.15) is 13.8 Å². The molecule has 0 radical (unpaired) electrons. The molecular weight excluding hydrogens is 270 g/mol. The second kappa shape index (κ2) is 6.10. The average molecular weight is 287 g/mol. The van der Waals surface area contributed by atoms with Gasteiger partial charge in [0.15, 0.2) is 5.17 Å². The fourth-order valence-corrected chi connectivity index (χ4v) is 2.92. The largest absolute Gasteiger partial charge is 0.399 e. The van der Waals surface area contributed by atoms with Crippen molar-refractivity contribution in [3.63, 3.8) is 0 Å². The zero-order chi connectivity index (χ0) is 13.8. The van der Waals surface area contributed by atoms with Crippen molar-refractivity contribution in [1.82, 2.24) is 0 Å². The Morgan fingerprint density at radius 1 is 1.33 bits per heavy atom. The number of rotatable bonds is 4. The van der Waals surface area contributed by atoms with Gasteiger partial charge in [-0.15, -0.1) is 4.40 Å². The Morgan fingerprint density at radius 3 is 2.39 bits per heavy atom. The first kappa shape index (κ1) is 14.8. The van der Waals surface area contributed by atoms with Crippen LogP contribution in [0, 0.1) is 5.92 Å². The Labute approximate surface area is 112 Å². The predicted octanol–water partition coefficient (Wildman–Crippen LogP) is 1.66. The maximum Gasteiger partial charge on any atom is 0.284 e. The molecular formula is C11H17N3O2S2.